The summed E-state index contributed by atoms with van der Waals surface area (Å²) < 4.78 is 54.7. The van der Waals surface area contributed by atoms with Crippen molar-refractivity contribution in [3.05, 3.63) is 39.8 Å². The van der Waals surface area contributed by atoms with E-state index in [0.717, 1.165) is 30.8 Å². The first-order valence-corrected chi connectivity index (χ1v) is 15.6. The summed E-state index contributed by atoms with van der Waals surface area (Å²) in [6.07, 6.45) is -1.90. The van der Waals surface area contributed by atoms with Gasteiger partial charge in [0.2, 0.25) is 0 Å². The molecule has 2 saturated heterocycles. The molecule has 5 rings (SSSR count). The Morgan fingerprint density at radius 1 is 1.02 bits per heavy atom. The molecular weight excluding hydrogens is 573 g/mol. The largest absolute Gasteiger partial charge is 0.462 e. The number of carbonyl (C=O) groups excluding carboxylic acids is 1. The Morgan fingerprint density at radius 2 is 1.73 bits per heavy atom. The van der Waals surface area contributed by atoms with Gasteiger partial charge in [0.05, 0.1) is 17.0 Å². The number of fused-ring (bicyclic) bond motifs is 1. The number of pyridine rings is 1. The van der Waals surface area contributed by atoms with Gasteiger partial charge in [0.15, 0.2) is 0 Å². The number of alkyl halides is 3. The third kappa shape index (κ3) is 7.05. The van der Waals surface area contributed by atoms with Gasteiger partial charge in [-0.1, -0.05) is 6.92 Å². The first kappa shape index (κ1) is 32.2. The van der Waals surface area contributed by atoms with E-state index in [-0.39, 0.29) is 35.3 Å². The van der Waals surface area contributed by atoms with Crippen molar-refractivity contribution in [2.75, 3.05) is 51.3 Å². The lowest BCUT2D eigenvalue weighted by Gasteiger charge is -2.39. The molecule has 4 heterocycles. The minimum Gasteiger partial charge on any atom is -0.462 e. The van der Waals surface area contributed by atoms with E-state index in [1.165, 1.54) is 13.0 Å². The number of rotatable bonds is 5. The van der Waals surface area contributed by atoms with E-state index < -0.39 is 23.3 Å². The van der Waals surface area contributed by atoms with Gasteiger partial charge in [0, 0.05) is 49.4 Å². The molecule has 9 nitrogen and oxygen atoms in total. The Labute approximate surface area is 258 Å². The summed E-state index contributed by atoms with van der Waals surface area (Å²) in [7, 11) is 2.07. The number of amides is 1. The topological polar surface area (TPSA) is 83.9 Å². The van der Waals surface area contributed by atoms with Crippen LogP contribution in [0.1, 0.15) is 80.2 Å². The summed E-state index contributed by atoms with van der Waals surface area (Å²) in [5, 5.41) is 0. The molecule has 0 aromatic carbocycles. The molecule has 12 heteroatoms. The molecule has 3 aliphatic rings. The lowest BCUT2D eigenvalue weighted by Crippen LogP contribution is -2.50. The van der Waals surface area contributed by atoms with Crippen molar-refractivity contribution in [1.82, 2.24) is 24.8 Å². The molecule has 2 aromatic rings. The molecule has 2 unspecified atom stereocenters. The van der Waals surface area contributed by atoms with E-state index in [4.69, 9.17) is 19.4 Å². The third-order valence-electron chi connectivity index (χ3n) is 8.99. The number of likely N-dealkylation sites (N-methyl/N-ethyl adjacent to an activating group) is 1. The first-order valence-electron chi connectivity index (χ1n) is 15.6. The van der Waals surface area contributed by atoms with Gasteiger partial charge in [-0.05, 0) is 91.4 Å². The van der Waals surface area contributed by atoms with E-state index in [1.54, 1.807) is 11.8 Å². The standard InChI is InChI=1S/C32H45F3N6O3/c1-19-16-24-25(17-23(19)27-26(32(33,34)35)20(2)15-21(3)36-27)37-29(43-18-22-9-8-10-39(22)7)38-28(24)40-11-13-41(14-12-40)30(42)44-31(4,5)6/h15,19,22-23H,8-14,16-18H2,1-7H3/t19?,22-,23?/m0/s1. The number of halogens is 3. The lowest BCUT2D eigenvalue weighted by molar-refractivity contribution is -0.139. The van der Waals surface area contributed by atoms with Crippen molar-refractivity contribution < 1.29 is 27.4 Å². The highest BCUT2D eigenvalue weighted by molar-refractivity contribution is 5.68. The van der Waals surface area contributed by atoms with Crippen LogP contribution in [0.4, 0.5) is 23.8 Å². The SMILES string of the molecule is Cc1cc(C)c(C(F)(F)F)c(C2Cc3nc(OC[C@@H]4CCCN4C)nc(N4CCN(C(=O)OC(C)(C)C)CC4)c3CC2C)n1. The fraction of sp³-hybridized carbons (Fsp3) is 0.688. The second-order valence-electron chi connectivity index (χ2n) is 13.6. The average molecular weight is 619 g/mol. The highest BCUT2D eigenvalue weighted by atomic mass is 19.4. The fourth-order valence-electron chi connectivity index (χ4n) is 6.73. The minimum absolute atomic E-state index is 0.0920. The molecule has 2 aromatic heterocycles. The van der Waals surface area contributed by atoms with Crippen molar-refractivity contribution in [2.45, 2.75) is 91.0 Å². The molecule has 1 aliphatic carbocycles. The highest BCUT2D eigenvalue weighted by Gasteiger charge is 2.42. The zero-order valence-corrected chi connectivity index (χ0v) is 26.9. The Balaban J connectivity index is 1.46. The normalized spacial score (nSPS) is 23.1. The van der Waals surface area contributed by atoms with E-state index in [2.05, 4.69) is 21.8 Å². The molecule has 44 heavy (non-hydrogen) atoms. The maximum Gasteiger partial charge on any atom is 0.418 e. The molecule has 0 N–H and O–H groups in total. The maximum absolute atomic E-state index is 14.3. The van der Waals surface area contributed by atoms with Crippen molar-refractivity contribution in [2.24, 2.45) is 5.92 Å². The van der Waals surface area contributed by atoms with Gasteiger partial charge in [-0.3, -0.25) is 4.98 Å². The van der Waals surface area contributed by atoms with Gasteiger partial charge in [0.1, 0.15) is 18.0 Å². The Kier molecular flexibility index (Phi) is 9.04. The maximum atomic E-state index is 14.3. The van der Waals surface area contributed by atoms with Gasteiger partial charge in [-0.15, -0.1) is 0 Å². The number of ether oxygens (including phenoxy) is 2. The first-order chi connectivity index (χ1) is 20.6. The second kappa shape index (κ2) is 12.3. The predicted molar refractivity (Wildman–Crippen MR) is 161 cm³/mol. The van der Waals surface area contributed by atoms with Gasteiger partial charge in [0.25, 0.3) is 0 Å². The zero-order valence-electron chi connectivity index (χ0n) is 26.9. The van der Waals surface area contributed by atoms with Gasteiger partial charge in [-0.2, -0.15) is 23.1 Å². The predicted octanol–water partition coefficient (Wildman–Crippen LogP) is 5.56. The number of nitrogens with zero attached hydrogens (tertiary/aromatic N) is 6. The molecular formula is C32H45F3N6O3. The van der Waals surface area contributed by atoms with Gasteiger partial charge >= 0.3 is 18.3 Å². The number of carbonyl (C=O) groups is 1. The van der Waals surface area contributed by atoms with Crippen LogP contribution in [0.2, 0.25) is 0 Å². The number of hydrogen-bond acceptors (Lipinski definition) is 8. The van der Waals surface area contributed by atoms with Crippen LogP contribution in [0.5, 0.6) is 6.01 Å². The summed E-state index contributed by atoms with van der Waals surface area (Å²) in [5.41, 5.74) is 1.27. The van der Waals surface area contributed by atoms with Crippen LogP contribution >= 0.6 is 0 Å². The summed E-state index contributed by atoms with van der Waals surface area (Å²) in [6.45, 7) is 14.2. The van der Waals surface area contributed by atoms with Gasteiger partial charge < -0.3 is 24.2 Å². The number of anilines is 1. The Hall–Kier alpha value is -3.15. The monoisotopic (exact) mass is 618 g/mol. The summed E-state index contributed by atoms with van der Waals surface area (Å²) in [5.74, 6) is 0.156. The van der Waals surface area contributed by atoms with E-state index in [9.17, 15) is 18.0 Å². The van der Waals surface area contributed by atoms with Crippen LogP contribution < -0.4 is 9.64 Å². The second-order valence-corrected chi connectivity index (χ2v) is 13.6. The number of piperazine rings is 1. The van der Waals surface area contributed by atoms with Crippen LogP contribution in [0.3, 0.4) is 0 Å². The quantitative estimate of drug-likeness (QED) is 0.431. The molecule has 1 amide bonds. The lowest BCUT2D eigenvalue weighted by atomic mass is 9.75. The van der Waals surface area contributed by atoms with Crippen molar-refractivity contribution >= 4 is 11.9 Å². The van der Waals surface area contributed by atoms with E-state index in [0.29, 0.717) is 57.0 Å². The average Bonchev–Trinajstić information content (AvgIpc) is 3.33. The smallest absolute Gasteiger partial charge is 0.418 e. The van der Waals surface area contributed by atoms with Crippen molar-refractivity contribution in [3.63, 3.8) is 0 Å². The van der Waals surface area contributed by atoms with Gasteiger partial charge in [-0.25, -0.2) is 4.79 Å². The Bertz CT molecular complexity index is 1370. The van der Waals surface area contributed by atoms with E-state index >= 15 is 0 Å². The minimum atomic E-state index is -4.51. The summed E-state index contributed by atoms with van der Waals surface area (Å²) >= 11 is 0. The van der Waals surface area contributed by atoms with Crippen LogP contribution in [-0.2, 0) is 23.8 Å². The molecule has 0 bridgehead atoms. The number of aromatic nitrogens is 3. The zero-order chi connectivity index (χ0) is 32.0. The fourth-order valence-corrected chi connectivity index (χ4v) is 6.73. The highest BCUT2D eigenvalue weighted by Crippen LogP contribution is 2.44. The van der Waals surface area contributed by atoms with Crippen LogP contribution in [0.15, 0.2) is 6.07 Å². The van der Waals surface area contributed by atoms with Crippen molar-refractivity contribution in [1.29, 1.82) is 0 Å². The summed E-state index contributed by atoms with van der Waals surface area (Å²) in [4.78, 5) is 33.0. The Morgan fingerprint density at radius 3 is 2.34 bits per heavy atom. The van der Waals surface area contributed by atoms with Crippen LogP contribution in [0.25, 0.3) is 0 Å². The molecule has 2 fully saturated rings. The molecule has 0 radical (unpaired) electrons. The molecule has 242 valence electrons. The third-order valence-corrected chi connectivity index (χ3v) is 8.99. The summed E-state index contributed by atoms with van der Waals surface area (Å²) in [6, 6.07) is 2.00. The van der Waals surface area contributed by atoms with Crippen LogP contribution in [-0.4, -0.2) is 88.9 Å². The number of likely N-dealkylation sites (tertiary alicyclic amines) is 1. The molecule has 0 spiro atoms. The molecule has 2 aliphatic heterocycles. The van der Waals surface area contributed by atoms with E-state index in [1.807, 2.05) is 27.7 Å². The van der Waals surface area contributed by atoms with Crippen molar-refractivity contribution in [3.8, 4) is 6.01 Å². The van der Waals surface area contributed by atoms with Crippen LogP contribution in [0, 0.1) is 19.8 Å². The number of hydrogen-bond donors (Lipinski definition) is 0. The molecule has 3 atom stereocenters. The molecule has 0 saturated carbocycles. The number of aryl methyl sites for hydroxylation is 2.